The van der Waals surface area contributed by atoms with Crippen molar-refractivity contribution in [2.75, 3.05) is 39.6 Å². The third-order valence-corrected chi connectivity index (χ3v) is 6.67. The first-order valence-corrected chi connectivity index (χ1v) is 10.4. The summed E-state index contributed by atoms with van der Waals surface area (Å²) < 4.78 is 21.4. The number of rotatable bonds is 12. The molecule has 3 aliphatic carbocycles. The van der Waals surface area contributed by atoms with Gasteiger partial charge in [-0.3, -0.25) is 0 Å². The fourth-order valence-corrected chi connectivity index (χ4v) is 5.66. The zero-order valence-corrected chi connectivity index (χ0v) is 16.6. The molecule has 0 N–H and O–H groups in total. The van der Waals surface area contributed by atoms with Gasteiger partial charge in [-0.05, 0) is 61.2 Å². The molecule has 0 heterocycles. The van der Waals surface area contributed by atoms with Gasteiger partial charge >= 0.3 is 11.9 Å². The molecule has 3 aliphatic rings. The van der Waals surface area contributed by atoms with E-state index in [1.807, 2.05) is 0 Å². The van der Waals surface area contributed by atoms with Gasteiger partial charge in [0.2, 0.25) is 0 Å². The van der Waals surface area contributed by atoms with E-state index in [2.05, 4.69) is 13.2 Å². The molecule has 6 unspecified atom stereocenters. The Morgan fingerprint density at radius 1 is 0.750 bits per heavy atom. The van der Waals surface area contributed by atoms with E-state index >= 15 is 0 Å². The molecule has 6 atom stereocenters. The molecule has 156 valence electrons. The number of carbonyl (C=O) groups excluding carboxylic acids is 2. The summed E-state index contributed by atoms with van der Waals surface area (Å²) in [6.07, 6.45) is 7.46. The van der Waals surface area contributed by atoms with Crippen LogP contribution in [0.5, 0.6) is 0 Å². The van der Waals surface area contributed by atoms with Crippen LogP contribution in [0.15, 0.2) is 25.3 Å². The van der Waals surface area contributed by atoms with Crippen LogP contribution in [0.2, 0.25) is 0 Å². The molecule has 28 heavy (non-hydrogen) atoms. The molecule has 3 fully saturated rings. The normalized spacial score (nSPS) is 32.7. The van der Waals surface area contributed by atoms with E-state index in [1.165, 1.54) is 37.8 Å². The lowest BCUT2D eigenvalue weighted by Crippen LogP contribution is -2.27. The minimum absolute atomic E-state index is 0.289. The van der Waals surface area contributed by atoms with E-state index < -0.39 is 11.9 Å². The second-order valence-corrected chi connectivity index (χ2v) is 8.21. The SMILES string of the molecule is C=CC(=O)OCCOCC1CC2C3CC(COCCOC(=O)C=C)C(C3)C2C1. The zero-order chi connectivity index (χ0) is 19.9. The average molecular weight is 392 g/mol. The highest BCUT2D eigenvalue weighted by atomic mass is 16.6. The van der Waals surface area contributed by atoms with Crippen LogP contribution in [0.1, 0.15) is 25.7 Å². The Morgan fingerprint density at radius 2 is 1.36 bits per heavy atom. The van der Waals surface area contributed by atoms with E-state index in [4.69, 9.17) is 18.9 Å². The van der Waals surface area contributed by atoms with Gasteiger partial charge in [-0.2, -0.15) is 0 Å². The molecule has 3 saturated carbocycles. The maximum absolute atomic E-state index is 11.0. The van der Waals surface area contributed by atoms with Crippen molar-refractivity contribution >= 4 is 11.9 Å². The van der Waals surface area contributed by atoms with Gasteiger partial charge in [0.05, 0.1) is 13.2 Å². The van der Waals surface area contributed by atoms with Crippen molar-refractivity contribution in [1.29, 1.82) is 0 Å². The molecule has 6 heteroatoms. The Morgan fingerprint density at radius 3 is 2.00 bits per heavy atom. The molecule has 0 aliphatic heterocycles. The van der Waals surface area contributed by atoms with Gasteiger partial charge in [0.25, 0.3) is 0 Å². The van der Waals surface area contributed by atoms with E-state index in [1.54, 1.807) is 0 Å². The van der Waals surface area contributed by atoms with Crippen LogP contribution < -0.4 is 0 Å². The molecule has 0 radical (unpaired) electrons. The summed E-state index contributed by atoms with van der Waals surface area (Å²) in [6, 6.07) is 0. The molecular weight excluding hydrogens is 360 g/mol. The van der Waals surface area contributed by atoms with Crippen LogP contribution in [-0.4, -0.2) is 51.6 Å². The first-order valence-electron chi connectivity index (χ1n) is 10.4. The van der Waals surface area contributed by atoms with Crippen molar-refractivity contribution in [3.63, 3.8) is 0 Å². The molecule has 0 aromatic carbocycles. The van der Waals surface area contributed by atoms with Crippen molar-refractivity contribution < 1.29 is 28.5 Å². The summed E-state index contributed by atoms with van der Waals surface area (Å²) in [7, 11) is 0. The van der Waals surface area contributed by atoms with Gasteiger partial charge in [-0.1, -0.05) is 13.2 Å². The Balaban J connectivity index is 1.31. The fourth-order valence-electron chi connectivity index (χ4n) is 5.66. The van der Waals surface area contributed by atoms with Crippen molar-refractivity contribution in [3.05, 3.63) is 25.3 Å². The van der Waals surface area contributed by atoms with Crippen LogP contribution >= 0.6 is 0 Å². The first kappa shape index (κ1) is 21.1. The molecule has 2 bridgehead atoms. The fraction of sp³-hybridized carbons (Fsp3) is 0.727. The highest BCUT2D eigenvalue weighted by molar-refractivity contribution is 5.81. The maximum Gasteiger partial charge on any atom is 0.330 e. The summed E-state index contributed by atoms with van der Waals surface area (Å²) in [5, 5.41) is 0. The zero-order valence-electron chi connectivity index (χ0n) is 16.6. The van der Waals surface area contributed by atoms with Crippen molar-refractivity contribution in [2.45, 2.75) is 25.7 Å². The van der Waals surface area contributed by atoms with Gasteiger partial charge in [0.15, 0.2) is 0 Å². The first-order chi connectivity index (χ1) is 13.6. The number of hydrogen-bond donors (Lipinski definition) is 0. The van der Waals surface area contributed by atoms with Gasteiger partial charge in [0, 0.05) is 25.4 Å². The number of carbonyl (C=O) groups is 2. The number of ether oxygens (including phenoxy) is 4. The Hall–Kier alpha value is -1.66. The van der Waals surface area contributed by atoms with Crippen LogP contribution in [-0.2, 0) is 28.5 Å². The average Bonchev–Trinajstić information content (AvgIpc) is 3.38. The summed E-state index contributed by atoms with van der Waals surface area (Å²) in [5.74, 6) is 3.71. The predicted octanol–water partition coefficient (Wildman–Crippen LogP) is 2.78. The Bertz CT molecular complexity index is 573. The third-order valence-electron chi connectivity index (χ3n) is 6.67. The molecular formula is C22H32O6. The quantitative estimate of drug-likeness (QED) is 0.289. The van der Waals surface area contributed by atoms with E-state index in [0.717, 1.165) is 36.9 Å². The number of fused-ring (bicyclic) bond motifs is 5. The molecule has 0 amide bonds. The standard InChI is InChI=1S/C22H32O6/c1-3-21(23)27-7-5-25-13-15-9-18-16-11-17(19(12-16)20(18)10-15)14-26-6-8-28-22(24)4-2/h3-4,15-20H,1-2,5-14H2. The van der Waals surface area contributed by atoms with Crippen molar-refractivity contribution in [3.8, 4) is 0 Å². The Labute approximate surface area is 167 Å². The monoisotopic (exact) mass is 392 g/mol. The van der Waals surface area contributed by atoms with E-state index in [-0.39, 0.29) is 6.61 Å². The highest BCUT2D eigenvalue weighted by Gasteiger charge is 2.55. The third kappa shape index (κ3) is 5.23. The van der Waals surface area contributed by atoms with Gasteiger partial charge in [-0.15, -0.1) is 0 Å². The second-order valence-electron chi connectivity index (χ2n) is 8.21. The largest absolute Gasteiger partial charge is 0.460 e. The molecule has 6 nitrogen and oxygen atoms in total. The maximum atomic E-state index is 11.0. The van der Waals surface area contributed by atoms with Crippen molar-refractivity contribution in [2.24, 2.45) is 35.5 Å². The predicted molar refractivity (Wildman–Crippen MR) is 103 cm³/mol. The van der Waals surface area contributed by atoms with Gasteiger partial charge in [-0.25, -0.2) is 9.59 Å². The summed E-state index contributed by atoms with van der Waals surface area (Å²) >= 11 is 0. The molecule has 0 aromatic heterocycles. The highest BCUT2D eigenvalue weighted by Crippen LogP contribution is 2.62. The van der Waals surface area contributed by atoms with Crippen LogP contribution in [0.3, 0.4) is 0 Å². The van der Waals surface area contributed by atoms with Crippen LogP contribution in [0, 0.1) is 35.5 Å². The van der Waals surface area contributed by atoms with E-state index in [9.17, 15) is 9.59 Å². The lowest BCUT2D eigenvalue weighted by atomic mass is 9.76. The van der Waals surface area contributed by atoms with E-state index in [0.29, 0.717) is 31.7 Å². The lowest BCUT2D eigenvalue weighted by Gasteiger charge is -2.31. The summed E-state index contributed by atoms with van der Waals surface area (Å²) in [6.45, 7) is 9.76. The van der Waals surface area contributed by atoms with Crippen LogP contribution in [0.25, 0.3) is 0 Å². The summed E-state index contributed by atoms with van der Waals surface area (Å²) in [4.78, 5) is 22.0. The smallest absolute Gasteiger partial charge is 0.330 e. The van der Waals surface area contributed by atoms with Crippen LogP contribution in [0.4, 0.5) is 0 Å². The number of esters is 2. The Kier molecular flexibility index (Phi) is 7.68. The molecule has 3 rings (SSSR count). The minimum atomic E-state index is -0.400. The number of hydrogen-bond acceptors (Lipinski definition) is 6. The van der Waals surface area contributed by atoms with Crippen molar-refractivity contribution in [1.82, 2.24) is 0 Å². The van der Waals surface area contributed by atoms with Gasteiger partial charge < -0.3 is 18.9 Å². The molecule has 0 saturated heterocycles. The second kappa shape index (κ2) is 10.2. The summed E-state index contributed by atoms with van der Waals surface area (Å²) in [5.41, 5.74) is 0. The lowest BCUT2D eigenvalue weighted by molar-refractivity contribution is -0.140. The van der Waals surface area contributed by atoms with Gasteiger partial charge in [0.1, 0.15) is 13.2 Å². The molecule has 0 spiro atoms. The molecule has 0 aromatic rings. The topological polar surface area (TPSA) is 71.1 Å². The minimum Gasteiger partial charge on any atom is -0.460 e.